The van der Waals surface area contributed by atoms with Crippen molar-refractivity contribution < 1.29 is 4.42 Å². The normalized spacial score (nSPS) is 14.0. The largest absolute Gasteiger partial charge is 0.454 e. The lowest BCUT2D eigenvalue weighted by atomic mass is 10.1. The third-order valence-corrected chi connectivity index (χ3v) is 5.07. The summed E-state index contributed by atoms with van der Waals surface area (Å²) in [6.07, 6.45) is 0. The van der Waals surface area contributed by atoms with Crippen LogP contribution >= 0.6 is 0 Å². The van der Waals surface area contributed by atoms with Crippen LogP contribution in [0.3, 0.4) is 0 Å². The van der Waals surface area contributed by atoms with Crippen molar-refractivity contribution >= 4 is 39.0 Å². The Morgan fingerprint density at radius 2 is 1.44 bits per heavy atom. The molecule has 5 rings (SSSR count). The van der Waals surface area contributed by atoms with Crippen LogP contribution in [-0.4, -0.2) is 12.7 Å². The monoisotopic (exact) mass is 328 g/mol. The molecule has 0 spiro atoms. The lowest BCUT2D eigenvalue weighted by Gasteiger charge is -2.25. The van der Waals surface area contributed by atoms with Gasteiger partial charge in [-0.1, -0.05) is 42.5 Å². The Labute approximate surface area is 147 Å². The number of anilines is 3. The van der Waals surface area contributed by atoms with Crippen LogP contribution < -0.4 is 9.80 Å². The molecule has 0 aliphatic carbocycles. The van der Waals surface area contributed by atoms with Gasteiger partial charge in [-0.05, 0) is 38.1 Å². The van der Waals surface area contributed by atoms with Crippen LogP contribution in [-0.2, 0) is 0 Å². The maximum absolute atomic E-state index is 6.25. The van der Waals surface area contributed by atoms with Gasteiger partial charge in [-0.25, -0.2) is 0 Å². The van der Waals surface area contributed by atoms with Crippen molar-refractivity contribution in [3.8, 4) is 0 Å². The molecule has 0 bridgehead atoms. The van der Waals surface area contributed by atoms with E-state index in [0.29, 0.717) is 6.04 Å². The summed E-state index contributed by atoms with van der Waals surface area (Å²) >= 11 is 0. The van der Waals surface area contributed by atoms with E-state index in [1.807, 2.05) is 12.1 Å². The number of hydrogen-bond donors (Lipinski definition) is 0. The third-order valence-electron chi connectivity index (χ3n) is 5.07. The predicted octanol–water partition coefficient (Wildman–Crippen LogP) is 5.91. The van der Waals surface area contributed by atoms with Gasteiger partial charge in [-0.15, -0.1) is 0 Å². The van der Waals surface area contributed by atoms with Crippen molar-refractivity contribution in [2.75, 3.05) is 16.5 Å². The second-order valence-electron chi connectivity index (χ2n) is 6.87. The van der Waals surface area contributed by atoms with E-state index in [2.05, 4.69) is 78.2 Å². The lowest BCUT2D eigenvalue weighted by molar-refractivity contribution is 0.665. The Bertz CT molecular complexity index is 1080. The molecule has 3 nitrogen and oxygen atoms in total. The highest BCUT2D eigenvalue weighted by molar-refractivity contribution is 6.10. The fourth-order valence-electron chi connectivity index (χ4n) is 3.83. The summed E-state index contributed by atoms with van der Waals surface area (Å²) in [7, 11) is 0. The van der Waals surface area contributed by atoms with Gasteiger partial charge in [0.05, 0.1) is 23.7 Å². The van der Waals surface area contributed by atoms with Crippen LogP contribution in [0.1, 0.15) is 13.8 Å². The van der Waals surface area contributed by atoms with Gasteiger partial charge in [-0.3, -0.25) is 0 Å². The molecular weight excluding hydrogens is 308 g/mol. The van der Waals surface area contributed by atoms with Gasteiger partial charge in [0.25, 0.3) is 0 Å². The van der Waals surface area contributed by atoms with Crippen LogP contribution in [0.2, 0.25) is 0 Å². The first kappa shape index (κ1) is 14.4. The van der Waals surface area contributed by atoms with Crippen molar-refractivity contribution in [1.82, 2.24) is 0 Å². The number of furan rings is 1. The van der Waals surface area contributed by atoms with Gasteiger partial charge >= 0.3 is 0 Å². The quantitative estimate of drug-likeness (QED) is 0.456. The van der Waals surface area contributed by atoms with Crippen LogP contribution in [0.5, 0.6) is 0 Å². The molecular formula is C22H20N2O. The van der Waals surface area contributed by atoms with Crippen molar-refractivity contribution in [3.05, 3.63) is 66.7 Å². The van der Waals surface area contributed by atoms with E-state index >= 15 is 0 Å². The van der Waals surface area contributed by atoms with E-state index in [4.69, 9.17) is 4.42 Å². The van der Waals surface area contributed by atoms with Crippen molar-refractivity contribution in [1.29, 1.82) is 0 Å². The zero-order valence-corrected chi connectivity index (χ0v) is 14.4. The van der Waals surface area contributed by atoms with Gasteiger partial charge in [-0.2, -0.15) is 0 Å². The highest BCUT2D eigenvalue weighted by Gasteiger charge is 2.29. The molecule has 0 saturated heterocycles. The summed E-state index contributed by atoms with van der Waals surface area (Å²) < 4.78 is 6.25. The minimum atomic E-state index is 0.445. The maximum Gasteiger partial charge on any atom is 0.159 e. The first-order valence-electron chi connectivity index (χ1n) is 8.77. The molecule has 0 N–H and O–H groups in total. The van der Waals surface area contributed by atoms with E-state index in [1.165, 1.54) is 22.1 Å². The van der Waals surface area contributed by atoms with Gasteiger partial charge in [0.2, 0.25) is 0 Å². The summed E-state index contributed by atoms with van der Waals surface area (Å²) in [5, 5.41) is 2.35. The summed E-state index contributed by atoms with van der Waals surface area (Å²) in [6.45, 7) is 5.32. The third kappa shape index (κ3) is 2.05. The molecule has 0 atom stereocenters. The van der Waals surface area contributed by atoms with Crippen molar-refractivity contribution in [2.45, 2.75) is 19.9 Å². The SMILES string of the molecule is CC(C)N1CN(c2cccc3c2oc2ccccc23)c2ccccc21. The topological polar surface area (TPSA) is 19.6 Å². The Morgan fingerprint density at radius 3 is 2.28 bits per heavy atom. The lowest BCUT2D eigenvalue weighted by Crippen LogP contribution is -2.33. The van der Waals surface area contributed by atoms with Crippen LogP contribution in [0.25, 0.3) is 21.9 Å². The minimum absolute atomic E-state index is 0.445. The molecule has 124 valence electrons. The van der Waals surface area contributed by atoms with Gasteiger partial charge in [0, 0.05) is 16.8 Å². The average Bonchev–Trinajstić information content (AvgIpc) is 3.20. The van der Waals surface area contributed by atoms with E-state index in [9.17, 15) is 0 Å². The highest BCUT2D eigenvalue weighted by Crippen LogP contribution is 2.44. The number of para-hydroxylation sites is 4. The first-order chi connectivity index (χ1) is 12.2. The second-order valence-corrected chi connectivity index (χ2v) is 6.87. The zero-order chi connectivity index (χ0) is 17.0. The number of hydrogen-bond acceptors (Lipinski definition) is 3. The zero-order valence-electron chi connectivity index (χ0n) is 14.4. The van der Waals surface area contributed by atoms with E-state index < -0.39 is 0 Å². The Kier molecular flexibility index (Phi) is 3.04. The summed E-state index contributed by atoms with van der Waals surface area (Å²) in [5.41, 5.74) is 5.56. The molecule has 0 saturated carbocycles. The standard InChI is InChI=1S/C22H20N2O/c1-15(2)23-14-24(19-11-5-4-10-18(19)23)20-12-7-9-17-16-8-3-6-13-21(16)25-22(17)20/h3-13,15H,14H2,1-2H3. The Morgan fingerprint density at radius 1 is 0.760 bits per heavy atom. The summed E-state index contributed by atoms with van der Waals surface area (Å²) in [6, 6.07) is 23.7. The van der Waals surface area contributed by atoms with E-state index in [1.54, 1.807) is 0 Å². The van der Waals surface area contributed by atoms with Gasteiger partial charge in [0.15, 0.2) is 5.58 Å². The van der Waals surface area contributed by atoms with E-state index in [0.717, 1.165) is 23.5 Å². The summed E-state index contributed by atoms with van der Waals surface area (Å²) in [4.78, 5) is 4.79. The molecule has 2 heterocycles. The first-order valence-corrected chi connectivity index (χ1v) is 8.77. The Balaban J connectivity index is 1.74. The fourth-order valence-corrected chi connectivity index (χ4v) is 3.83. The average molecular weight is 328 g/mol. The molecule has 1 aromatic heterocycles. The van der Waals surface area contributed by atoms with Crippen LogP contribution in [0.4, 0.5) is 17.1 Å². The molecule has 0 unspecified atom stereocenters. The van der Waals surface area contributed by atoms with Gasteiger partial charge < -0.3 is 14.2 Å². The number of fused-ring (bicyclic) bond motifs is 4. The molecule has 0 fully saturated rings. The number of nitrogens with zero attached hydrogens (tertiary/aromatic N) is 2. The number of rotatable bonds is 2. The molecule has 25 heavy (non-hydrogen) atoms. The van der Waals surface area contributed by atoms with Crippen LogP contribution in [0, 0.1) is 0 Å². The highest BCUT2D eigenvalue weighted by atomic mass is 16.3. The molecule has 0 radical (unpaired) electrons. The second kappa shape index (κ2) is 5.28. The smallest absolute Gasteiger partial charge is 0.159 e. The molecule has 3 aromatic carbocycles. The van der Waals surface area contributed by atoms with E-state index in [-0.39, 0.29) is 0 Å². The Hall–Kier alpha value is -2.94. The number of benzene rings is 3. The minimum Gasteiger partial charge on any atom is -0.454 e. The van der Waals surface area contributed by atoms with Crippen molar-refractivity contribution in [3.63, 3.8) is 0 Å². The van der Waals surface area contributed by atoms with Gasteiger partial charge in [0.1, 0.15) is 5.58 Å². The molecule has 0 amide bonds. The summed E-state index contributed by atoms with van der Waals surface area (Å²) in [5.74, 6) is 0. The maximum atomic E-state index is 6.25. The molecule has 1 aliphatic heterocycles. The van der Waals surface area contributed by atoms with Crippen LogP contribution in [0.15, 0.2) is 71.1 Å². The molecule has 4 aromatic rings. The molecule has 1 aliphatic rings. The molecule has 3 heteroatoms. The van der Waals surface area contributed by atoms with Crippen molar-refractivity contribution in [2.24, 2.45) is 0 Å². The fraction of sp³-hybridized carbons (Fsp3) is 0.182. The predicted molar refractivity (Wildman–Crippen MR) is 105 cm³/mol.